The van der Waals surface area contributed by atoms with E-state index in [-0.39, 0.29) is 17.5 Å². The van der Waals surface area contributed by atoms with Crippen molar-refractivity contribution in [2.24, 2.45) is 5.73 Å². The predicted molar refractivity (Wildman–Crippen MR) is 54.8 cm³/mol. The van der Waals surface area contributed by atoms with Gasteiger partial charge in [0, 0.05) is 18.1 Å². The van der Waals surface area contributed by atoms with Crippen LogP contribution < -0.4 is 16.4 Å². The Labute approximate surface area is 84.6 Å². The van der Waals surface area contributed by atoms with Crippen molar-refractivity contribution >= 4 is 5.91 Å². The van der Waals surface area contributed by atoms with E-state index in [0.717, 1.165) is 32.2 Å². The number of nitrogens with one attached hydrogen (secondary N) is 2. The molecule has 0 radical (unpaired) electrons. The number of carbonyl (C=O) groups excluding carboxylic acids is 1. The van der Waals surface area contributed by atoms with E-state index in [9.17, 15) is 4.79 Å². The zero-order chi connectivity index (χ0) is 10.2. The molecular formula is C10H19N3O. The van der Waals surface area contributed by atoms with Crippen LogP contribution in [0, 0.1) is 0 Å². The summed E-state index contributed by atoms with van der Waals surface area (Å²) < 4.78 is 0. The first-order valence-corrected chi connectivity index (χ1v) is 5.42. The second-order valence-electron chi connectivity index (χ2n) is 4.70. The monoisotopic (exact) mass is 197 g/mol. The normalized spacial score (nSPS) is 43.7. The summed E-state index contributed by atoms with van der Waals surface area (Å²) in [5.41, 5.74) is 6.00. The summed E-state index contributed by atoms with van der Waals surface area (Å²) in [4.78, 5) is 11.3. The lowest BCUT2D eigenvalue weighted by Crippen LogP contribution is -2.66. The zero-order valence-electron chi connectivity index (χ0n) is 8.68. The fourth-order valence-electron chi connectivity index (χ4n) is 2.50. The molecule has 2 fully saturated rings. The maximum Gasteiger partial charge on any atom is 0.236 e. The summed E-state index contributed by atoms with van der Waals surface area (Å²) in [6.45, 7) is 2.69. The van der Waals surface area contributed by atoms with Crippen LogP contribution in [0.3, 0.4) is 0 Å². The van der Waals surface area contributed by atoms with Crippen molar-refractivity contribution in [3.05, 3.63) is 0 Å². The minimum absolute atomic E-state index is 0.0573. The number of carbonyl (C=O) groups is 1. The van der Waals surface area contributed by atoms with Crippen molar-refractivity contribution in [3.63, 3.8) is 0 Å². The van der Waals surface area contributed by atoms with Crippen molar-refractivity contribution in [2.45, 2.75) is 50.2 Å². The first kappa shape index (κ1) is 9.93. The van der Waals surface area contributed by atoms with Gasteiger partial charge < -0.3 is 11.1 Å². The van der Waals surface area contributed by atoms with Crippen LogP contribution in [0.15, 0.2) is 0 Å². The van der Waals surface area contributed by atoms with Crippen LogP contribution in [0.2, 0.25) is 0 Å². The average molecular weight is 197 g/mol. The molecule has 0 aromatic heterocycles. The number of hydrogen-bond acceptors (Lipinski definition) is 3. The van der Waals surface area contributed by atoms with E-state index in [4.69, 9.17) is 5.73 Å². The van der Waals surface area contributed by atoms with Gasteiger partial charge >= 0.3 is 0 Å². The molecule has 1 unspecified atom stereocenters. The highest BCUT2D eigenvalue weighted by molar-refractivity contribution is 5.82. The van der Waals surface area contributed by atoms with Crippen molar-refractivity contribution < 1.29 is 4.79 Å². The maximum absolute atomic E-state index is 11.3. The molecule has 0 aromatic carbocycles. The first-order chi connectivity index (χ1) is 6.61. The Morgan fingerprint density at radius 1 is 1.43 bits per heavy atom. The zero-order valence-corrected chi connectivity index (χ0v) is 8.68. The van der Waals surface area contributed by atoms with Gasteiger partial charge in [-0.1, -0.05) is 0 Å². The average Bonchev–Trinajstić information content (AvgIpc) is 2.18. The summed E-state index contributed by atoms with van der Waals surface area (Å²) in [5, 5.41) is 6.40. The maximum atomic E-state index is 11.3. The van der Waals surface area contributed by atoms with Gasteiger partial charge in [-0.15, -0.1) is 0 Å². The summed E-state index contributed by atoms with van der Waals surface area (Å²) in [7, 11) is 0. The van der Waals surface area contributed by atoms with Crippen LogP contribution in [0.5, 0.6) is 0 Å². The Morgan fingerprint density at radius 2 is 2.07 bits per heavy atom. The Kier molecular flexibility index (Phi) is 2.49. The molecule has 2 rings (SSSR count). The third-order valence-electron chi connectivity index (χ3n) is 3.50. The van der Waals surface area contributed by atoms with Gasteiger partial charge in [0.2, 0.25) is 5.91 Å². The molecule has 1 saturated carbocycles. The lowest BCUT2D eigenvalue weighted by atomic mass is 9.78. The van der Waals surface area contributed by atoms with Crippen molar-refractivity contribution in [2.75, 3.05) is 6.54 Å². The van der Waals surface area contributed by atoms with Crippen LogP contribution in [0.4, 0.5) is 0 Å². The molecule has 1 atom stereocenters. The molecule has 80 valence electrons. The molecule has 1 aliphatic carbocycles. The fourth-order valence-corrected chi connectivity index (χ4v) is 2.50. The van der Waals surface area contributed by atoms with Gasteiger partial charge in [0.05, 0.1) is 6.04 Å². The third kappa shape index (κ3) is 1.77. The Morgan fingerprint density at radius 3 is 2.64 bits per heavy atom. The molecule has 4 nitrogen and oxygen atoms in total. The Balaban J connectivity index is 2.00. The highest BCUT2D eigenvalue weighted by Gasteiger charge is 2.39. The van der Waals surface area contributed by atoms with Gasteiger partial charge in [-0.2, -0.15) is 0 Å². The predicted octanol–water partition coefficient (Wildman–Crippen LogP) is -0.266. The van der Waals surface area contributed by atoms with Crippen LogP contribution in [0.25, 0.3) is 0 Å². The van der Waals surface area contributed by atoms with Crippen molar-refractivity contribution in [3.8, 4) is 0 Å². The van der Waals surface area contributed by atoms with Gasteiger partial charge in [-0.05, 0) is 32.6 Å². The second kappa shape index (κ2) is 3.51. The number of piperazine rings is 1. The lowest BCUT2D eigenvalue weighted by Gasteiger charge is -2.45. The van der Waals surface area contributed by atoms with E-state index in [0.29, 0.717) is 6.04 Å². The van der Waals surface area contributed by atoms with Gasteiger partial charge in [0.1, 0.15) is 0 Å². The highest BCUT2D eigenvalue weighted by Crippen LogP contribution is 2.29. The van der Waals surface area contributed by atoms with Crippen molar-refractivity contribution in [1.29, 1.82) is 0 Å². The number of amides is 1. The largest absolute Gasteiger partial charge is 0.353 e. The van der Waals surface area contributed by atoms with E-state index >= 15 is 0 Å². The molecule has 1 amide bonds. The summed E-state index contributed by atoms with van der Waals surface area (Å²) in [6, 6.07) is 0.299. The van der Waals surface area contributed by atoms with Gasteiger partial charge in [-0.25, -0.2) is 0 Å². The highest BCUT2D eigenvalue weighted by atomic mass is 16.2. The molecular weight excluding hydrogens is 178 g/mol. The van der Waals surface area contributed by atoms with Crippen LogP contribution in [0.1, 0.15) is 32.6 Å². The standard InChI is InChI=1S/C10H19N3O/c1-7-9(14)12-6-10(13-7)4-2-8(11)3-5-10/h7-8,13H,2-6,11H2,1H3,(H,12,14). The van der Waals surface area contributed by atoms with E-state index in [2.05, 4.69) is 10.6 Å². The van der Waals surface area contributed by atoms with E-state index in [1.807, 2.05) is 6.92 Å². The fraction of sp³-hybridized carbons (Fsp3) is 0.900. The van der Waals surface area contributed by atoms with E-state index in [1.165, 1.54) is 0 Å². The Hall–Kier alpha value is -0.610. The van der Waals surface area contributed by atoms with Gasteiger partial charge in [0.15, 0.2) is 0 Å². The van der Waals surface area contributed by atoms with Crippen LogP contribution in [-0.2, 0) is 4.79 Å². The van der Waals surface area contributed by atoms with E-state index in [1.54, 1.807) is 0 Å². The molecule has 1 spiro atoms. The number of nitrogens with two attached hydrogens (primary N) is 1. The van der Waals surface area contributed by atoms with Gasteiger partial charge in [-0.3, -0.25) is 10.1 Å². The van der Waals surface area contributed by atoms with Gasteiger partial charge in [0.25, 0.3) is 0 Å². The lowest BCUT2D eigenvalue weighted by molar-refractivity contribution is -0.126. The first-order valence-electron chi connectivity index (χ1n) is 5.42. The molecule has 14 heavy (non-hydrogen) atoms. The molecule has 2 aliphatic rings. The smallest absolute Gasteiger partial charge is 0.236 e. The van der Waals surface area contributed by atoms with Crippen LogP contribution >= 0.6 is 0 Å². The van der Waals surface area contributed by atoms with E-state index < -0.39 is 0 Å². The summed E-state index contributed by atoms with van der Waals surface area (Å²) >= 11 is 0. The molecule has 1 aliphatic heterocycles. The quantitative estimate of drug-likeness (QED) is 0.501. The molecule has 4 N–H and O–H groups in total. The molecule has 0 aromatic rings. The van der Waals surface area contributed by atoms with Crippen LogP contribution in [-0.4, -0.2) is 30.1 Å². The second-order valence-corrected chi connectivity index (χ2v) is 4.70. The third-order valence-corrected chi connectivity index (χ3v) is 3.50. The minimum Gasteiger partial charge on any atom is -0.353 e. The molecule has 0 bridgehead atoms. The number of hydrogen-bond donors (Lipinski definition) is 3. The SMILES string of the molecule is CC1NC2(CCC(N)CC2)CNC1=O. The summed E-state index contributed by atoms with van der Waals surface area (Å²) in [6.07, 6.45) is 4.29. The van der Waals surface area contributed by atoms with Crippen molar-refractivity contribution in [1.82, 2.24) is 10.6 Å². The molecule has 4 heteroatoms. The molecule has 1 saturated heterocycles. The summed E-state index contributed by atoms with van der Waals surface area (Å²) in [5.74, 6) is 0.116. The Bertz CT molecular complexity index is 234. The topological polar surface area (TPSA) is 67.2 Å². The minimum atomic E-state index is -0.0573. The number of rotatable bonds is 0. The molecule has 1 heterocycles.